The molecule has 6 nitrogen and oxygen atoms in total. The number of amides is 2. The highest BCUT2D eigenvalue weighted by atomic mass is 16.5. The third-order valence-corrected chi connectivity index (χ3v) is 5.62. The molecule has 2 aliphatic rings. The first-order valence-electron chi connectivity index (χ1n) is 9.96. The molecule has 0 saturated carbocycles. The number of carbonyl (C=O) groups excluding carboxylic acids is 2. The van der Waals surface area contributed by atoms with Crippen molar-refractivity contribution in [3.8, 4) is 0 Å². The SMILES string of the molecule is COC(=O)C1=C(CN2C[C@H](C)C[C@@H](C)C2)NC(=O)N[C@H]1c1ccc(C)cc1C. The van der Waals surface area contributed by atoms with Gasteiger partial charge in [-0.3, -0.25) is 4.90 Å². The van der Waals surface area contributed by atoms with Crippen LogP contribution in [-0.4, -0.2) is 43.6 Å². The lowest BCUT2D eigenvalue weighted by Gasteiger charge is -2.37. The van der Waals surface area contributed by atoms with Gasteiger partial charge in [-0.05, 0) is 43.2 Å². The Morgan fingerprint density at radius 3 is 2.50 bits per heavy atom. The van der Waals surface area contributed by atoms with Crippen LogP contribution in [0.15, 0.2) is 29.5 Å². The molecule has 2 aliphatic heterocycles. The number of aryl methyl sites for hydroxylation is 2. The molecule has 2 N–H and O–H groups in total. The number of piperidine rings is 1. The van der Waals surface area contributed by atoms with Crippen molar-refractivity contribution in [3.63, 3.8) is 0 Å². The highest BCUT2D eigenvalue weighted by Gasteiger charge is 2.35. The standard InChI is InChI=1S/C22H31N3O3/c1-13-6-7-17(16(4)9-13)20-19(21(26)28-5)18(23-22(27)24-20)12-25-10-14(2)8-15(3)11-25/h6-7,9,14-15,20H,8,10-12H2,1-5H3,(H2,23,24,27)/t14-,15-,20+/m1/s1. The van der Waals surface area contributed by atoms with E-state index in [0.717, 1.165) is 29.8 Å². The molecule has 0 aromatic heterocycles. The Hall–Kier alpha value is -2.34. The largest absolute Gasteiger partial charge is 0.466 e. The maximum atomic E-state index is 12.7. The molecule has 1 aromatic carbocycles. The van der Waals surface area contributed by atoms with Crippen molar-refractivity contribution in [1.82, 2.24) is 15.5 Å². The van der Waals surface area contributed by atoms with Gasteiger partial charge < -0.3 is 15.4 Å². The zero-order valence-corrected chi connectivity index (χ0v) is 17.5. The number of hydrogen-bond acceptors (Lipinski definition) is 4. The van der Waals surface area contributed by atoms with Gasteiger partial charge in [-0.1, -0.05) is 37.6 Å². The van der Waals surface area contributed by atoms with E-state index in [9.17, 15) is 9.59 Å². The van der Waals surface area contributed by atoms with E-state index in [1.165, 1.54) is 13.5 Å². The number of urea groups is 1. The predicted octanol–water partition coefficient (Wildman–Crippen LogP) is 3.06. The third-order valence-electron chi connectivity index (χ3n) is 5.62. The number of carbonyl (C=O) groups is 2. The molecular weight excluding hydrogens is 354 g/mol. The van der Waals surface area contributed by atoms with E-state index in [1.54, 1.807) is 0 Å². The Labute approximate surface area is 167 Å². The average Bonchev–Trinajstić information content (AvgIpc) is 2.59. The molecule has 0 unspecified atom stereocenters. The fraction of sp³-hybridized carbons (Fsp3) is 0.545. The summed E-state index contributed by atoms with van der Waals surface area (Å²) in [7, 11) is 1.38. The zero-order valence-electron chi connectivity index (χ0n) is 17.5. The molecule has 1 saturated heterocycles. The Morgan fingerprint density at radius 2 is 1.89 bits per heavy atom. The molecule has 6 heteroatoms. The number of nitrogens with zero attached hydrogens (tertiary/aromatic N) is 1. The number of rotatable bonds is 4. The van der Waals surface area contributed by atoms with Gasteiger partial charge >= 0.3 is 12.0 Å². The second-order valence-corrected chi connectivity index (χ2v) is 8.42. The van der Waals surface area contributed by atoms with Crippen molar-refractivity contribution >= 4 is 12.0 Å². The second-order valence-electron chi connectivity index (χ2n) is 8.42. The summed E-state index contributed by atoms with van der Waals surface area (Å²) in [6.07, 6.45) is 1.21. The second kappa shape index (κ2) is 8.35. The lowest BCUT2D eigenvalue weighted by Crippen LogP contribution is -2.50. The van der Waals surface area contributed by atoms with Crippen LogP contribution in [0.1, 0.15) is 43.0 Å². The molecule has 0 radical (unpaired) electrons. The van der Waals surface area contributed by atoms with Crippen LogP contribution < -0.4 is 10.6 Å². The first-order chi connectivity index (χ1) is 13.3. The van der Waals surface area contributed by atoms with Crippen molar-refractivity contribution in [3.05, 3.63) is 46.2 Å². The van der Waals surface area contributed by atoms with Gasteiger partial charge in [0.05, 0.1) is 18.7 Å². The summed E-state index contributed by atoms with van der Waals surface area (Å²) < 4.78 is 5.10. The highest BCUT2D eigenvalue weighted by Crippen LogP contribution is 2.31. The van der Waals surface area contributed by atoms with Gasteiger partial charge in [-0.2, -0.15) is 0 Å². The number of nitrogens with one attached hydrogen (secondary N) is 2. The minimum absolute atomic E-state index is 0.286. The van der Waals surface area contributed by atoms with Crippen molar-refractivity contribution in [2.45, 2.75) is 40.2 Å². The summed E-state index contributed by atoms with van der Waals surface area (Å²) in [5.74, 6) is 0.780. The summed E-state index contributed by atoms with van der Waals surface area (Å²) in [5.41, 5.74) is 4.22. The summed E-state index contributed by atoms with van der Waals surface area (Å²) in [6.45, 7) is 11.0. The molecule has 1 fully saturated rings. The van der Waals surface area contributed by atoms with Gasteiger partial charge in [-0.25, -0.2) is 9.59 Å². The lowest BCUT2D eigenvalue weighted by molar-refractivity contribution is -0.136. The van der Waals surface area contributed by atoms with E-state index >= 15 is 0 Å². The van der Waals surface area contributed by atoms with Crippen LogP contribution in [0.2, 0.25) is 0 Å². The number of methoxy groups -OCH3 is 1. The van der Waals surface area contributed by atoms with Crippen molar-refractivity contribution in [2.24, 2.45) is 11.8 Å². The van der Waals surface area contributed by atoms with Crippen LogP contribution >= 0.6 is 0 Å². The summed E-state index contributed by atoms with van der Waals surface area (Å²) in [6, 6.07) is 5.24. The molecule has 2 heterocycles. The van der Waals surface area contributed by atoms with Gasteiger partial charge in [-0.15, -0.1) is 0 Å². The zero-order chi connectivity index (χ0) is 20.4. The first kappa shape index (κ1) is 20.4. The Morgan fingerprint density at radius 1 is 1.21 bits per heavy atom. The number of likely N-dealkylation sites (tertiary alicyclic amines) is 1. The molecule has 0 bridgehead atoms. The van der Waals surface area contributed by atoms with Gasteiger partial charge in [0.25, 0.3) is 0 Å². The molecule has 28 heavy (non-hydrogen) atoms. The van der Waals surface area contributed by atoms with Crippen molar-refractivity contribution in [1.29, 1.82) is 0 Å². The molecule has 3 rings (SSSR count). The fourth-order valence-corrected chi connectivity index (χ4v) is 4.62. The van der Waals surface area contributed by atoms with Gasteiger partial charge in [0.15, 0.2) is 0 Å². The van der Waals surface area contributed by atoms with Crippen LogP contribution in [0, 0.1) is 25.7 Å². The van der Waals surface area contributed by atoms with Gasteiger partial charge in [0.2, 0.25) is 0 Å². The van der Waals surface area contributed by atoms with Crippen LogP contribution in [0.3, 0.4) is 0 Å². The molecule has 152 valence electrons. The quantitative estimate of drug-likeness (QED) is 0.782. The lowest BCUT2D eigenvalue weighted by atomic mass is 9.89. The van der Waals surface area contributed by atoms with Crippen LogP contribution in [-0.2, 0) is 9.53 Å². The fourth-order valence-electron chi connectivity index (χ4n) is 4.62. The molecule has 3 atom stereocenters. The Kier molecular flexibility index (Phi) is 6.08. The monoisotopic (exact) mass is 385 g/mol. The topological polar surface area (TPSA) is 70.7 Å². The number of esters is 1. The number of hydrogen-bond donors (Lipinski definition) is 2. The normalized spacial score (nSPS) is 25.9. The van der Waals surface area contributed by atoms with Crippen molar-refractivity contribution < 1.29 is 14.3 Å². The minimum atomic E-state index is -0.517. The van der Waals surface area contributed by atoms with Crippen LogP contribution in [0.4, 0.5) is 4.79 Å². The average molecular weight is 386 g/mol. The van der Waals surface area contributed by atoms with Gasteiger partial charge in [0, 0.05) is 25.3 Å². The Bertz CT molecular complexity index is 792. The first-order valence-corrected chi connectivity index (χ1v) is 9.96. The molecule has 1 aromatic rings. The van der Waals surface area contributed by atoms with Crippen LogP contribution in [0.25, 0.3) is 0 Å². The maximum absolute atomic E-state index is 12.7. The smallest absolute Gasteiger partial charge is 0.338 e. The van der Waals surface area contributed by atoms with E-state index in [0.29, 0.717) is 29.7 Å². The molecule has 0 spiro atoms. The molecule has 2 amide bonds. The van der Waals surface area contributed by atoms with E-state index in [2.05, 4.69) is 35.4 Å². The third kappa shape index (κ3) is 4.38. The minimum Gasteiger partial charge on any atom is -0.466 e. The van der Waals surface area contributed by atoms with E-state index < -0.39 is 12.0 Å². The van der Waals surface area contributed by atoms with E-state index in [1.807, 2.05) is 26.0 Å². The maximum Gasteiger partial charge on any atom is 0.338 e. The highest BCUT2D eigenvalue weighted by molar-refractivity contribution is 5.95. The summed E-state index contributed by atoms with van der Waals surface area (Å²) >= 11 is 0. The summed E-state index contributed by atoms with van der Waals surface area (Å²) in [4.78, 5) is 27.5. The number of benzene rings is 1. The van der Waals surface area contributed by atoms with Gasteiger partial charge in [0.1, 0.15) is 0 Å². The van der Waals surface area contributed by atoms with E-state index in [-0.39, 0.29) is 6.03 Å². The Balaban J connectivity index is 2.00. The molecule has 0 aliphatic carbocycles. The predicted molar refractivity (Wildman–Crippen MR) is 109 cm³/mol. The molecular formula is C22H31N3O3. The van der Waals surface area contributed by atoms with Crippen LogP contribution in [0.5, 0.6) is 0 Å². The van der Waals surface area contributed by atoms with E-state index in [4.69, 9.17) is 4.74 Å². The van der Waals surface area contributed by atoms with Crippen molar-refractivity contribution in [2.75, 3.05) is 26.7 Å². The summed E-state index contributed by atoms with van der Waals surface area (Å²) in [5, 5.41) is 5.79. The number of ether oxygens (including phenoxy) is 1.